The molecule has 2 N–H and O–H groups in total. The van der Waals surface area contributed by atoms with Crippen molar-refractivity contribution in [2.75, 3.05) is 6.61 Å². The van der Waals surface area contributed by atoms with E-state index in [1.54, 1.807) is 0 Å². The second-order valence-electron chi connectivity index (χ2n) is 4.10. The Hall–Kier alpha value is -2.51. The third-order valence-corrected chi connectivity index (χ3v) is 2.78. The van der Waals surface area contributed by atoms with Crippen LogP contribution in [0.15, 0.2) is 12.1 Å². The van der Waals surface area contributed by atoms with Crippen molar-refractivity contribution < 1.29 is 33.0 Å². The number of carbonyl (C=O) groups excluding carboxylic acids is 2. The van der Waals surface area contributed by atoms with Gasteiger partial charge in [0.2, 0.25) is 0 Å². The summed E-state index contributed by atoms with van der Waals surface area (Å²) >= 11 is 0. The highest BCUT2D eigenvalue weighted by atomic mass is 19.2. The fourth-order valence-corrected chi connectivity index (χ4v) is 1.77. The zero-order valence-corrected chi connectivity index (χ0v) is 9.98. The summed E-state index contributed by atoms with van der Waals surface area (Å²) in [4.78, 5) is 34.0. The van der Waals surface area contributed by atoms with E-state index in [1.165, 1.54) is 0 Å². The van der Waals surface area contributed by atoms with Crippen molar-refractivity contribution in [1.29, 1.82) is 0 Å². The average Bonchev–Trinajstić information content (AvgIpc) is 2.77. The summed E-state index contributed by atoms with van der Waals surface area (Å²) in [6.07, 6.45) is 0.233. The molecule has 1 atom stereocenters. The van der Waals surface area contributed by atoms with E-state index in [0.717, 1.165) is 0 Å². The van der Waals surface area contributed by atoms with Crippen LogP contribution in [0, 0.1) is 11.6 Å². The van der Waals surface area contributed by atoms with E-state index in [2.05, 4.69) is 10.1 Å². The van der Waals surface area contributed by atoms with E-state index in [0.29, 0.717) is 12.1 Å². The van der Waals surface area contributed by atoms with Gasteiger partial charge in [-0.3, -0.25) is 4.79 Å². The number of benzene rings is 1. The molecule has 8 heteroatoms. The molecule has 2 rings (SSSR count). The molecule has 106 valence electrons. The molecule has 1 saturated heterocycles. The van der Waals surface area contributed by atoms with Gasteiger partial charge in [0, 0.05) is 6.42 Å². The Morgan fingerprint density at radius 2 is 1.85 bits per heavy atom. The smallest absolute Gasteiger partial charge is 0.336 e. The summed E-state index contributed by atoms with van der Waals surface area (Å²) in [5.41, 5.74) is -1.25. The third-order valence-electron chi connectivity index (χ3n) is 2.78. The lowest BCUT2D eigenvalue weighted by atomic mass is 10.1. The lowest BCUT2D eigenvalue weighted by Crippen LogP contribution is -2.38. The van der Waals surface area contributed by atoms with Gasteiger partial charge >= 0.3 is 11.9 Å². The Balaban J connectivity index is 2.31. The Bertz CT molecular complexity index is 602. The number of cyclic esters (lactones) is 1. The number of ether oxygens (including phenoxy) is 1. The molecule has 0 spiro atoms. The van der Waals surface area contributed by atoms with Gasteiger partial charge in [0.25, 0.3) is 5.91 Å². The molecule has 1 aliphatic heterocycles. The van der Waals surface area contributed by atoms with Gasteiger partial charge in [-0.25, -0.2) is 18.4 Å². The van der Waals surface area contributed by atoms with E-state index in [-0.39, 0.29) is 13.0 Å². The summed E-state index contributed by atoms with van der Waals surface area (Å²) in [6.45, 7) is 0.132. The minimum absolute atomic E-state index is 0.132. The molecule has 1 unspecified atom stereocenters. The number of esters is 1. The van der Waals surface area contributed by atoms with Crippen LogP contribution in [-0.4, -0.2) is 35.6 Å². The largest absolute Gasteiger partial charge is 0.478 e. The van der Waals surface area contributed by atoms with E-state index >= 15 is 0 Å². The quantitative estimate of drug-likeness (QED) is 0.798. The maximum Gasteiger partial charge on any atom is 0.336 e. The summed E-state index contributed by atoms with van der Waals surface area (Å²) in [7, 11) is 0. The summed E-state index contributed by atoms with van der Waals surface area (Å²) in [5, 5.41) is 11.1. The number of aromatic carboxylic acids is 1. The number of hydrogen-bond donors (Lipinski definition) is 2. The molecule has 1 aliphatic rings. The maximum absolute atomic E-state index is 13.1. The van der Waals surface area contributed by atoms with Gasteiger partial charge < -0.3 is 15.2 Å². The molecule has 1 heterocycles. The number of carboxylic acid groups (broad SMARTS) is 1. The highest BCUT2D eigenvalue weighted by molar-refractivity contribution is 6.05. The van der Waals surface area contributed by atoms with Crippen molar-refractivity contribution in [2.24, 2.45) is 0 Å². The second kappa shape index (κ2) is 5.24. The first kappa shape index (κ1) is 13.9. The van der Waals surface area contributed by atoms with Crippen LogP contribution in [0.4, 0.5) is 8.78 Å². The maximum atomic E-state index is 13.1. The van der Waals surface area contributed by atoms with Crippen LogP contribution in [0.3, 0.4) is 0 Å². The van der Waals surface area contributed by atoms with Crippen molar-refractivity contribution in [2.45, 2.75) is 12.5 Å². The molecular formula is C12H9F2NO5. The van der Waals surface area contributed by atoms with Crippen molar-refractivity contribution in [3.05, 3.63) is 34.9 Å². The number of carbonyl (C=O) groups is 3. The van der Waals surface area contributed by atoms with Gasteiger partial charge in [0.05, 0.1) is 17.7 Å². The predicted molar refractivity (Wildman–Crippen MR) is 60.1 cm³/mol. The van der Waals surface area contributed by atoms with Gasteiger partial charge in [-0.15, -0.1) is 0 Å². The first-order chi connectivity index (χ1) is 9.40. The lowest BCUT2D eigenvalue weighted by molar-refractivity contribution is -0.139. The molecule has 0 radical (unpaired) electrons. The summed E-state index contributed by atoms with van der Waals surface area (Å²) < 4.78 is 30.8. The zero-order chi connectivity index (χ0) is 14.9. The molecular weight excluding hydrogens is 276 g/mol. The molecule has 1 aromatic rings. The summed E-state index contributed by atoms with van der Waals surface area (Å²) in [6, 6.07) is -0.0224. The first-order valence-electron chi connectivity index (χ1n) is 5.60. The normalized spacial score (nSPS) is 17.7. The SMILES string of the molecule is O=C(O)c1cc(F)c(F)cc1C(=O)NC1CCOC1=O. The van der Waals surface area contributed by atoms with Crippen LogP contribution >= 0.6 is 0 Å². The minimum Gasteiger partial charge on any atom is -0.478 e. The van der Waals surface area contributed by atoms with Crippen LogP contribution in [-0.2, 0) is 9.53 Å². The van der Waals surface area contributed by atoms with Crippen LogP contribution in [0.2, 0.25) is 0 Å². The molecule has 1 aromatic carbocycles. The topological polar surface area (TPSA) is 92.7 Å². The van der Waals surface area contributed by atoms with E-state index in [4.69, 9.17) is 5.11 Å². The van der Waals surface area contributed by atoms with Crippen molar-refractivity contribution in [1.82, 2.24) is 5.32 Å². The molecule has 0 aromatic heterocycles. The predicted octanol–water partition coefficient (Wildman–Crippen LogP) is 0.708. The third kappa shape index (κ3) is 2.58. The van der Waals surface area contributed by atoms with Gasteiger partial charge in [-0.05, 0) is 12.1 Å². The van der Waals surface area contributed by atoms with Crippen molar-refractivity contribution in [3.63, 3.8) is 0 Å². The Morgan fingerprint density at radius 1 is 1.25 bits per heavy atom. The van der Waals surface area contributed by atoms with E-state index in [1.807, 2.05) is 0 Å². The number of hydrogen-bond acceptors (Lipinski definition) is 4. The zero-order valence-electron chi connectivity index (χ0n) is 9.98. The monoisotopic (exact) mass is 285 g/mol. The first-order valence-corrected chi connectivity index (χ1v) is 5.60. The van der Waals surface area contributed by atoms with Crippen molar-refractivity contribution >= 4 is 17.8 Å². The number of amides is 1. The van der Waals surface area contributed by atoms with Gasteiger partial charge in [0.1, 0.15) is 6.04 Å². The van der Waals surface area contributed by atoms with Crippen LogP contribution in [0.25, 0.3) is 0 Å². The van der Waals surface area contributed by atoms with Crippen LogP contribution in [0.5, 0.6) is 0 Å². The molecule has 0 bridgehead atoms. The Labute approximate surface area is 111 Å². The minimum atomic E-state index is -1.58. The number of rotatable bonds is 3. The number of nitrogens with one attached hydrogen (secondary N) is 1. The molecule has 20 heavy (non-hydrogen) atoms. The summed E-state index contributed by atoms with van der Waals surface area (Å²) in [5.74, 6) is -5.95. The fourth-order valence-electron chi connectivity index (χ4n) is 1.77. The fraction of sp³-hybridized carbons (Fsp3) is 0.250. The number of halogens is 2. The number of carboxylic acids is 1. The van der Waals surface area contributed by atoms with Gasteiger partial charge in [-0.2, -0.15) is 0 Å². The van der Waals surface area contributed by atoms with Gasteiger partial charge in [0.15, 0.2) is 11.6 Å². The Morgan fingerprint density at radius 3 is 2.35 bits per heavy atom. The second-order valence-corrected chi connectivity index (χ2v) is 4.10. The van der Waals surface area contributed by atoms with Crippen molar-refractivity contribution in [3.8, 4) is 0 Å². The van der Waals surface area contributed by atoms with E-state index in [9.17, 15) is 23.2 Å². The molecule has 0 aliphatic carbocycles. The molecule has 0 saturated carbocycles. The lowest BCUT2D eigenvalue weighted by Gasteiger charge is -2.11. The van der Waals surface area contributed by atoms with Crippen LogP contribution in [0.1, 0.15) is 27.1 Å². The molecule has 1 amide bonds. The van der Waals surface area contributed by atoms with E-state index < -0.39 is 46.6 Å². The standard InChI is InChI=1S/C12H9F2NO5/c13-7-3-5(6(11(17)18)4-8(7)14)10(16)15-9-1-2-20-12(9)19/h3-4,9H,1-2H2,(H,15,16)(H,17,18). The molecule has 1 fully saturated rings. The van der Waals surface area contributed by atoms with Crippen LogP contribution < -0.4 is 5.32 Å². The highest BCUT2D eigenvalue weighted by Gasteiger charge is 2.30. The highest BCUT2D eigenvalue weighted by Crippen LogP contribution is 2.16. The van der Waals surface area contributed by atoms with Gasteiger partial charge in [-0.1, -0.05) is 0 Å². The average molecular weight is 285 g/mol. The molecule has 6 nitrogen and oxygen atoms in total. The Kier molecular flexibility index (Phi) is 3.64.